The fraction of sp³-hybridized carbons (Fsp3) is 0.185. The quantitative estimate of drug-likeness (QED) is 0.278. The number of rotatable bonds is 10. The second kappa shape index (κ2) is 11.2. The molecule has 0 fully saturated rings. The summed E-state index contributed by atoms with van der Waals surface area (Å²) >= 11 is 0. The van der Waals surface area contributed by atoms with Gasteiger partial charge in [-0.15, -0.1) is 13.2 Å². The summed E-state index contributed by atoms with van der Waals surface area (Å²) in [7, 11) is 1.56. The topological polar surface area (TPSA) is 92.0 Å². The summed E-state index contributed by atoms with van der Waals surface area (Å²) in [6, 6.07) is 19.5. The molecule has 198 valence electrons. The molecular weight excluding hydrogens is 505 g/mol. The third-order valence-corrected chi connectivity index (χ3v) is 5.34. The van der Waals surface area contributed by atoms with Gasteiger partial charge in [-0.2, -0.15) is 5.10 Å². The highest BCUT2D eigenvalue weighted by Crippen LogP contribution is 2.29. The van der Waals surface area contributed by atoms with Crippen molar-refractivity contribution in [2.75, 3.05) is 13.7 Å². The van der Waals surface area contributed by atoms with Crippen LogP contribution in [-0.2, 0) is 11.4 Å². The second-order valence-electron chi connectivity index (χ2n) is 8.10. The number of hydrogen-bond acceptors (Lipinski definition) is 6. The minimum atomic E-state index is -4.79. The van der Waals surface area contributed by atoms with Gasteiger partial charge in [-0.25, -0.2) is 9.48 Å². The summed E-state index contributed by atoms with van der Waals surface area (Å²) in [4.78, 5) is 10.7. The van der Waals surface area contributed by atoms with Crippen LogP contribution < -0.4 is 18.9 Å². The van der Waals surface area contributed by atoms with Crippen LogP contribution in [-0.4, -0.2) is 40.9 Å². The second-order valence-corrected chi connectivity index (χ2v) is 8.10. The molecule has 1 N–H and O–H groups in total. The standard InChI is InChI=1S/C27H23F3N2O6/c1-17-13-23(11-12-25(17)37-16-26(33)34)36-15-19-14-24(18-3-7-21(35-2)8-4-18)32(31-19)20-5-9-22(10-6-20)38-27(28,29)30/h3-14H,15-16H2,1-2H3,(H,33,34). The maximum atomic E-state index is 12.6. The van der Waals surface area contributed by atoms with Crippen LogP contribution in [0.5, 0.6) is 23.0 Å². The molecule has 8 nitrogen and oxygen atoms in total. The van der Waals surface area contributed by atoms with Gasteiger partial charge in [-0.1, -0.05) is 0 Å². The van der Waals surface area contributed by atoms with Crippen LogP contribution in [0.2, 0.25) is 0 Å². The first kappa shape index (κ1) is 26.4. The maximum Gasteiger partial charge on any atom is 0.573 e. The molecule has 0 atom stereocenters. The number of carboxylic acid groups (broad SMARTS) is 1. The van der Waals surface area contributed by atoms with Gasteiger partial charge in [-0.05, 0) is 85.3 Å². The molecule has 0 amide bonds. The van der Waals surface area contributed by atoms with Crippen molar-refractivity contribution in [1.29, 1.82) is 0 Å². The predicted octanol–water partition coefficient (Wildman–Crippen LogP) is 5.80. The fourth-order valence-electron chi connectivity index (χ4n) is 3.62. The van der Waals surface area contributed by atoms with Gasteiger partial charge < -0.3 is 24.1 Å². The summed E-state index contributed by atoms with van der Waals surface area (Å²) in [5.41, 5.74) is 3.28. The van der Waals surface area contributed by atoms with Gasteiger partial charge in [0.25, 0.3) is 0 Å². The molecule has 0 aliphatic rings. The number of aliphatic carboxylic acids is 1. The fourth-order valence-corrected chi connectivity index (χ4v) is 3.62. The Kier molecular flexibility index (Phi) is 7.75. The zero-order valence-corrected chi connectivity index (χ0v) is 20.4. The van der Waals surface area contributed by atoms with E-state index in [0.717, 1.165) is 5.56 Å². The van der Waals surface area contributed by atoms with E-state index in [1.165, 1.54) is 24.3 Å². The predicted molar refractivity (Wildman–Crippen MR) is 131 cm³/mol. The van der Waals surface area contributed by atoms with Crippen molar-refractivity contribution in [2.24, 2.45) is 0 Å². The van der Waals surface area contributed by atoms with E-state index in [2.05, 4.69) is 9.84 Å². The molecule has 0 saturated carbocycles. The number of alkyl halides is 3. The van der Waals surface area contributed by atoms with Gasteiger partial charge in [0.05, 0.1) is 18.5 Å². The molecular formula is C27H23F3N2O6. The van der Waals surface area contributed by atoms with Crippen LogP contribution in [0.15, 0.2) is 72.8 Å². The first-order chi connectivity index (χ1) is 18.1. The zero-order chi connectivity index (χ0) is 27.3. The number of ether oxygens (including phenoxy) is 4. The number of carbonyl (C=O) groups is 1. The molecule has 1 heterocycles. The lowest BCUT2D eigenvalue weighted by Gasteiger charge is -2.11. The Morgan fingerprint density at radius 1 is 0.921 bits per heavy atom. The third-order valence-electron chi connectivity index (χ3n) is 5.34. The highest BCUT2D eigenvalue weighted by Gasteiger charge is 2.31. The average Bonchev–Trinajstić information content (AvgIpc) is 3.30. The molecule has 0 saturated heterocycles. The molecule has 0 spiro atoms. The lowest BCUT2D eigenvalue weighted by molar-refractivity contribution is -0.274. The molecule has 4 aromatic rings. The number of aromatic nitrogens is 2. The van der Waals surface area contributed by atoms with Gasteiger partial charge in [0.15, 0.2) is 6.61 Å². The number of halogens is 3. The normalized spacial score (nSPS) is 11.2. The van der Waals surface area contributed by atoms with Crippen LogP contribution in [0, 0.1) is 6.92 Å². The van der Waals surface area contributed by atoms with E-state index in [0.29, 0.717) is 39.9 Å². The summed E-state index contributed by atoms with van der Waals surface area (Å²) in [5, 5.41) is 13.4. The van der Waals surface area contributed by atoms with Gasteiger partial charge in [-0.3, -0.25) is 0 Å². The molecule has 0 aliphatic heterocycles. The maximum absolute atomic E-state index is 12.6. The highest BCUT2D eigenvalue weighted by molar-refractivity contribution is 5.68. The van der Waals surface area contributed by atoms with Gasteiger partial charge in [0, 0.05) is 5.56 Å². The van der Waals surface area contributed by atoms with E-state index in [1.54, 1.807) is 49.0 Å². The van der Waals surface area contributed by atoms with Crippen molar-refractivity contribution in [3.05, 3.63) is 84.1 Å². The number of aryl methyl sites for hydroxylation is 1. The van der Waals surface area contributed by atoms with E-state index in [1.807, 2.05) is 18.2 Å². The number of carboxylic acids is 1. The van der Waals surface area contributed by atoms with Crippen molar-refractivity contribution < 1.29 is 42.0 Å². The van der Waals surface area contributed by atoms with Crippen molar-refractivity contribution in [2.45, 2.75) is 19.9 Å². The highest BCUT2D eigenvalue weighted by atomic mass is 19.4. The monoisotopic (exact) mass is 528 g/mol. The van der Waals surface area contributed by atoms with Crippen LogP contribution in [0.1, 0.15) is 11.3 Å². The molecule has 0 aliphatic carbocycles. The van der Waals surface area contributed by atoms with E-state index in [-0.39, 0.29) is 12.4 Å². The number of hydrogen-bond donors (Lipinski definition) is 1. The Morgan fingerprint density at radius 3 is 2.18 bits per heavy atom. The van der Waals surface area contributed by atoms with Gasteiger partial charge in [0.1, 0.15) is 35.3 Å². The molecule has 3 aromatic carbocycles. The Labute approximate surface area is 215 Å². The van der Waals surface area contributed by atoms with E-state index in [9.17, 15) is 18.0 Å². The Balaban J connectivity index is 1.59. The summed E-state index contributed by atoms with van der Waals surface area (Å²) in [5.74, 6) is 0.218. The Bertz CT molecular complexity index is 1400. The van der Waals surface area contributed by atoms with E-state index < -0.39 is 18.9 Å². The van der Waals surface area contributed by atoms with Crippen molar-refractivity contribution in [3.8, 4) is 39.9 Å². The minimum Gasteiger partial charge on any atom is -0.497 e. The summed E-state index contributed by atoms with van der Waals surface area (Å²) in [6.07, 6.45) is -4.79. The third kappa shape index (κ3) is 6.75. The first-order valence-electron chi connectivity index (χ1n) is 11.3. The first-order valence-corrected chi connectivity index (χ1v) is 11.3. The largest absolute Gasteiger partial charge is 0.573 e. The molecule has 38 heavy (non-hydrogen) atoms. The van der Waals surface area contributed by atoms with Crippen molar-refractivity contribution in [1.82, 2.24) is 9.78 Å². The van der Waals surface area contributed by atoms with Crippen LogP contribution in [0.25, 0.3) is 16.9 Å². The van der Waals surface area contributed by atoms with Crippen LogP contribution >= 0.6 is 0 Å². The molecule has 0 radical (unpaired) electrons. The minimum absolute atomic E-state index is 0.0974. The van der Waals surface area contributed by atoms with Crippen molar-refractivity contribution >= 4 is 5.97 Å². The lowest BCUT2D eigenvalue weighted by Crippen LogP contribution is -2.17. The lowest BCUT2D eigenvalue weighted by atomic mass is 10.1. The Morgan fingerprint density at radius 2 is 1.58 bits per heavy atom. The average molecular weight is 528 g/mol. The molecule has 1 aromatic heterocycles. The smallest absolute Gasteiger partial charge is 0.497 e. The number of nitrogens with zero attached hydrogens (tertiary/aromatic N) is 2. The van der Waals surface area contributed by atoms with Gasteiger partial charge in [0.2, 0.25) is 0 Å². The SMILES string of the molecule is COc1ccc(-c2cc(COc3ccc(OCC(=O)O)c(C)c3)nn2-c2ccc(OC(F)(F)F)cc2)cc1. The summed E-state index contributed by atoms with van der Waals surface area (Å²) in [6.45, 7) is 1.42. The van der Waals surface area contributed by atoms with Gasteiger partial charge >= 0.3 is 12.3 Å². The van der Waals surface area contributed by atoms with Crippen molar-refractivity contribution in [3.63, 3.8) is 0 Å². The molecule has 11 heteroatoms. The molecule has 0 unspecified atom stereocenters. The van der Waals surface area contributed by atoms with Crippen LogP contribution in [0.4, 0.5) is 13.2 Å². The summed E-state index contributed by atoms with van der Waals surface area (Å²) < 4.78 is 59.6. The number of benzene rings is 3. The Hall–Kier alpha value is -4.67. The number of methoxy groups -OCH3 is 1. The molecule has 4 rings (SSSR count). The zero-order valence-electron chi connectivity index (χ0n) is 20.4. The van der Waals surface area contributed by atoms with Crippen LogP contribution in [0.3, 0.4) is 0 Å². The molecule has 0 bridgehead atoms. The van der Waals surface area contributed by atoms with E-state index in [4.69, 9.17) is 19.3 Å². The van der Waals surface area contributed by atoms with E-state index >= 15 is 0 Å².